The molecule has 200 valence electrons. The highest BCUT2D eigenvalue weighted by Crippen LogP contribution is 2.52. The van der Waals surface area contributed by atoms with Crippen LogP contribution < -0.4 is 5.32 Å². The van der Waals surface area contributed by atoms with E-state index < -0.39 is 40.7 Å². The Morgan fingerprint density at radius 1 is 0.868 bits per heavy atom. The van der Waals surface area contributed by atoms with Crippen molar-refractivity contribution >= 4 is 0 Å². The first-order valence-electron chi connectivity index (χ1n) is 12.0. The van der Waals surface area contributed by atoms with Gasteiger partial charge in [-0.1, -0.05) is 60.7 Å². The Morgan fingerprint density at radius 2 is 1.39 bits per heavy atom. The average molecular weight is 533 g/mol. The Hall–Kier alpha value is -3.35. The molecule has 0 bridgehead atoms. The van der Waals surface area contributed by atoms with Crippen molar-refractivity contribution in [3.8, 4) is 0 Å². The van der Waals surface area contributed by atoms with E-state index in [9.17, 15) is 26.3 Å². The van der Waals surface area contributed by atoms with Crippen molar-refractivity contribution in [2.75, 3.05) is 6.61 Å². The van der Waals surface area contributed by atoms with Crippen LogP contribution >= 0.6 is 0 Å². The summed E-state index contributed by atoms with van der Waals surface area (Å²) >= 11 is 0. The molecule has 0 aromatic heterocycles. The van der Waals surface area contributed by atoms with E-state index in [1.54, 1.807) is 0 Å². The fourth-order valence-corrected chi connectivity index (χ4v) is 4.95. The molecule has 1 saturated carbocycles. The van der Waals surface area contributed by atoms with Crippen LogP contribution in [0, 0.1) is 6.57 Å². The summed E-state index contributed by atoms with van der Waals surface area (Å²) in [5, 5.41) is 3.33. The highest BCUT2D eigenvalue weighted by atomic mass is 19.4. The summed E-state index contributed by atoms with van der Waals surface area (Å²) in [4.78, 5) is 3.86. The molecule has 4 rings (SSSR count). The molecule has 1 fully saturated rings. The van der Waals surface area contributed by atoms with E-state index in [4.69, 9.17) is 11.3 Å². The number of hydrogen-bond donors (Lipinski definition) is 1. The molecular formula is C29H26F6N2O. The van der Waals surface area contributed by atoms with Gasteiger partial charge < -0.3 is 4.74 Å². The van der Waals surface area contributed by atoms with Gasteiger partial charge in [0.2, 0.25) is 0 Å². The third-order valence-electron chi connectivity index (χ3n) is 7.02. The Kier molecular flexibility index (Phi) is 7.60. The van der Waals surface area contributed by atoms with Crippen molar-refractivity contribution in [3.05, 3.63) is 118 Å². The molecule has 1 aliphatic carbocycles. The largest absolute Gasteiger partial charge is 0.416 e. The second-order valence-corrected chi connectivity index (χ2v) is 9.77. The minimum atomic E-state index is -4.94. The first kappa shape index (κ1) is 27.7. The van der Waals surface area contributed by atoms with Crippen LogP contribution in [-0.4, -0.2) is 12.3 Å². The second kappa shape index (κ2) is 10.4. The van der Waals surface area contributed by atoms with Crippen LogP contribution in [0.4, 0.5) is 26.3 Å². The van der Waals surface area contributed by atoms with Gasteiger partial charge in [-0.05, 0) is 41.8 Å². The minimum Gasteiger partial charge on any atom is -0.373 e. The molecule has 38 heavy (non-hydrogen) atoms. The van der Waals surface area contributed by atoms with Gasteiger partial charge >= 0.3 is 12.4 Å². The molecule has 0 saturated heterocycles. The molecule has 3 aromatic carbocycles. The van der Waals surface area contributed by atoms with Crippen LogP contribution in [0.5, 0.6) is 0 Å². The zero-order valence-electron chi connectivity index (χ0n) is 20.5. The molecule has 3 nitrogen and oxygen atoms in total. The fourth-order valence-electron chi connectivity index (χ4n) is 4.95. The SMILES string of the molecule is [C-]#[N+]C1(NCc2ccccc2)CC(COC(C)c2cc(C(F)(F)F)cc(C(F)(F)F)c2)(c2ccccc2)C1. The van der Waals surface area contributed by atoms with Gasteiger partial charge in [0.25, 0.3) is 5.66 Å². The lowest BCUT2D eigenvalue weighted by Gasteiger charge is -2.49. The zero-order chi connectivity index (χ0) is 27.6. The maximum atomic E-state index is 13.3. The molecule has 1 aliphatic rings. The molecule has 0 spiro atoms. The number of alkyl halides is 6. The van der Waals surface area contributed by atoms with Crippen LogP contribution in [0.15, 0.2) is 78.9 Å². The lowest BCUT2D eigenvalue weighted by atomic mass is 9.58. The summed E-state index contributed by atoms with van der Waals surface area (Å²) in [6.45, 7) is 9.78. The van der Waals surface area contributed by atoms with E-state index in [1.165, 1.54) is 6.92 Å². The van der Waals surface area contributed by atoms with Crippen molar-refractivity contribution in [1.82, 2.24) is 5.32 Å². The first-order chi connectivity index (χ1) is 17.9. The monoisotopic (exact) mass is 532 g/mol. The highest BCUT2D eigenvalue weighted by Gasteiger charge is 2.61. The summed E-state index contributed by atoms with van der Waals surface area (Å²) in [5.41, 5.74) is -2.55. The number of rotatable bonds is 8. The second-order valence-electron chi connectivity index (χ2n) is 9.77. The van der Waals surface area contributed by atoms with E-state index in [0.717, 1.165) is 11.1 Å². The number of nitrogens with zero attached hydrogens (tertiary/aromatic N) is 1. The number of ether oxygens (including phenoxy) is 1. The smallest absolute Gasteiger partial charge is 0.373 e. The van der Waals surface area contributed by atoms with E-state index in [0.29, 0.717) is 31.5 Å². The third-order valence-corrected chi connectivity index (χ3v) is 7.02. The number of hydrogen-bond acceptors (Lipinski definition) is 2. The van der Waals surface area contributed by atoms with Gasteiger partial charge in [-0.2, -0.15) is 26.3 Å². The molecule has 0 aliphatic heterocycles. The van der Waals surface area contributed by atoms with Crippen LogP contribution in [0.2, 0.25) is 0 Å². The topological polar surface area (TPSA) is 25.6 Å². The van der Waals surface area contributed by atoms with Crippen molar-refractivity contribution in [3.63, 3.8) is 0 Å². The van der Waals surface area contributed by atoms with Gasteiger partial charge in [-0.3, -0.25) is 4.85 Å². The lowest BCUT2D eigenvalue weighted by Crippen LogP contribution is -2.62. The van der Waals surface area contributed by atoms with Crippen LogP contribution in [0.3, 0.4) is 0 Å². The zero-order valence-corrected chi connectivity index (χ0v) is 20.5. The predicted octanol–water partition coefficient (Wildman–Crippen LogP) is 7.94. The standard InChI is InChI=1S/C29H26F6N2O/c1-20(22-13-24(28(30,31)32)15-25(14-22)29(33,34)35)38-19-26(23-11-7-4-8-12-23)17-27(18-26,36-2)37-16-21-9-5-3-6-10-21/h3-15,20,37H,16-19H2,1H3. The highest BCUT2D eigenvalue weighted by molar-refractivity contribution is 5.36. The van der Waals surface area contributed by atoms with Gasteiger partial charge in [0.15, 0.2) is 0 Å². The molecule has 0 radical (unpaired) electrons. The Morgan fingerprint density at radius 3 is 1.89 bits per heavy atom. The van der Waals surface area contributed by atoms with Crippen LogP contribution in [0.1, 0.15) is 53.7 Å². The molecule has 3 aromatic rings. The molecule has 1 atom stereocenters. The summed E-state index contributed by atoms with van der Waals surface area (Å²) in [6, 6.07) is 20.4. The summed E-state index contributed by atoms with van der Waals surface area (Å²) < 4.78 is 86.0. The fraction of sp³-hybridized carbons (Fsp3) is 0.345. The van der Waals surface area contributed by atoms with E-state index in [2.05, 4.69) is 10.2 Å². The summed E-state index contributed by atoms with van der Waals surface area (Å²) in [6.07, 6.45) is -10.2. The normalized spacial score (nSPS) is 22.4. The molecule has 9 heteroatoms. The molecular weight excluding hydrogens is 506 g/mol. The van der Waals surface area contributed by atoms with Gasteiger partial charge in [0.1, 0.15) is 0 Å². The van der Waals surface area contributed by atoms with Crippen molar-refractivity contribution < 1.29 is 31.1 Å². The van der Waals surface area contributed by atoms with Gasteiger partial charge in [0, 0.05) is 12.0 Å². The van der Waals surface area contributed by atoms with Gasteiger partial charge in [0.05, 0.1) is 36.7 Å². The van der Waals surface area contributed by atoms with E-state index in [-0.39, 0.29) is 18.2 Å². The van der Waals surface area contributed by atoms with E-state index >= 15 is 0 Å². The maximum absolute atomic E-state index is 13.3. The lowest BCUT2D eigenvalue weighted by molar-refractivity contribution is -0.143. The van der Waals surface area contributed by atoms with Crippen molar-refractivity contribution in [2.24, 2.45) is 0 Å². The Bertz CT molecular complexity index is 1240. The Balaban J connectivity index is 1.55. The van der Waals surface area contributed by atoms with Crippen molar-refractivity contribution in [1.29, 1.82) is 0 Å². The maximum Gasteiger partial charge on any atom is 0.416 e. The predicted molar refractivity (Wildman–Crippen MR) is 131 cm³/mol. The quantitative estimate of drug-likeness (QED) is 0.235. The molecule has 0 heterocycles. The van der Waals surface area contributed by atoms with Crippen LogP contribution in [-0.2, 0) is 29.0 Å². The van der Waals surface area contributed by atoms with Gasteiger partial charge in [-0.15, -0.1) is 0 Å². The molecule has 1 N–H and O–H groups in total. The van der Waals surface area contributed by atoms with Crippen LogP contribution in [0.25, 0.3) is 4.85 Å². The summed E-state index contributed by atoms with van der Waals surface area (Å²) in [7, 11) is 0. The Labute approximate surface area is 217 Å². The number of benzene rings is 3. The number of halogens is 6. The summed E-state index contributed by atoms with van der Waals surface area (Å²) in [5.74, 6) is 0. The minimum absolute atomic E-state index is 0.0278. The van der Waals surface area contributed by atoms with Crippen molar-refractivity contribution in [2.45, 2.75) is 55.8 Å². The van der Waals surface area contributed by atoms with E-state index in [1.807, 2.05) is 60.7 Å². The molecule has 1 unspecified atom stereocenters. The number of nitrogens with one attached hydrogen (secondary N) is 1. The van der Waals surface area contributed by atoms with Gasteiger partial charge in [-0.25, -0.2) is 11.9 Å². The third kappa shape index (κ3) is 6.03. The molecule has 0 amide bonds. The average Bonchev–Trinajstić information content (AvgIpc) is 2.87. The first-order valence-corrected chi connectivity index (χ1v) is 12.0.